The molecule has 0 N–H and O–H groups in total. The van der Waals surface area contributed by atoms with E-state index in [4.69, 9.17) is 0 Å². The van der Waals surface area contributed by atoms with Gasteiger partial charge in [0.15, 0.2) is 6.29 Å². The van der Waals surface area contributed by atoms with Gasteiger partial charge in [0.25, 0.3) is 0 Å². The third-order valence-corrected chi connectivity index (χ3v) is 3.61. The van der Waals surface area contributed by atoms with E-state index in [1.165, 1.54) is 24.1 Å². The van der Waals surface area contributed by atoms with Crippen molar-refractivity contribution in [1.29, 1.82) is 0 Å². The van der Waals surface area contributed by atoms with E-state index in [0.717, 1.165) is 17.8 Å². The Bertz CT molecular complexity index is 368. The highest BCUT2D eigenvalue weighted by molar-refractivity contribution is 7.98. The summed E-state index contributed by atoms with van der Waals surface area (Å²) in [6.45, 7) is 0. The molecule has 13 heavy (non-hydrogen) atoms. The third kappa shape index (κ3) is 1.05. The van der Waals surface area contributed by atoms with Crippen molar-refractivity contribution in [2.24, 2.45) is 0 Å². The number of hydrogen-bond acceptors (Lipinski definition) is 3. The molecular weight excluding hydrogens is 184 g/mol. The Morgan fingerprint density at radius 2 is 2.31 bits per heavy atom. The first kappa shape index (κ1) is 7.62. The van der Waals surface area contributed by atoms with E-state index in [0.29, 0.717) is 11.7 Å². The molecule has 3 nitrogen and oxygen atoms in total. The summed E-state index contributed by atoms with van der Waals surface area (Å²) >= 11 is 1.88. The van der Waals surface area contributed by atoms with Gasteiger partial charge in [-0.1, -0.05) is 0 Å². The van der Waals surface area contributed by atoms with Crippen molar-refractivity contribution in [1.82, 2.24) is 9.78 Å². The fourth-order valence-corrected chi connectivity index (χ4v) is 2.92. The lowest BCUT2D eigenvalue weighted by Gasteiger charge is -2.00. The van der Waals surface area contributed by atoms with Crippen LogP contribution in [0.25, 0.3) is 0 Å². The first-order chi connectivity index (χ1) is 6.40. The van der Waals surface area contributed by atoms with Crippen molar-refractivity contribution in [2.75, 3.05) is 0 Å². The second kappa shape index (κ2) is 2.61. The molecule has 1 saturated carbocycles. The number of carbonyl (C=O) groups is 1. The lowest BCUT2D eigenvalue weighted by molar-refractivity contribution is 0.111. The van der Waals surface area contributed by atoms with Crippen LogP contribution in [0, 0.1) is 0 Å². The molecule has 1 aliphatic carbocycles. The molecule has 1 fully saturated rings. The van der Waals surface area contributed by atoms with Gasteiger partial charge in [-0.25, -0.2) is 0 Å². The van der Waals surface area contributed by atoms with Crippen molar-refractivity contribution in [2.45, 2.75) is 30.4 Å². The summed E-state index contributed by atoms with van der Waals surface area (Å²) in [4.78, 5) is 10.7. The summed E-state index contributed by atoms with van der Waals surface area (Å²) in [6, 6.07) is 0.598. The summed E-state index contributed by atoms with van der Waals surface area (Å²) in [5.41, 5.74) is 3.16. The van der Waals surface area contributed by atoms with Gasteiger partial charge in [-0.2, -0.15) is 16.9 Å². The van der Waals surface area contributed by atoms with Crippen LogP contribution in [-0.2, 0) is 11.5 Å². The Hall–Kier alpha value is -0.770. The van der Waals surface area contributed by atoms with Gasteiger partial charge in [0, 0.05) is 17.1 Å². The van der Waals surface area contributed by atoms with Crippen LogP contribution >= 0.6 is 11.8 Å². The fourth-order valence-electron chi connectivity index (χ4n) is 1.80. The number of thioether (sulfide) groups is 1. The topological polar surface area (TPSA) is 34.9 Å². The van der Waals surface area contributed by atoms with Gasteiger partial charge in [-0.3, -0.25) is 9.48 Å². The van der Waals surface area contributed by atoms with E-state index in [-0.39, 0.29) is 0 Å². The van der Waals surface area contributed by atoms with Crippen LogP contribution in [0.2, 0.25) is 0 Å². The molecule has 0 spiro atoms. The molecule has 68 valence electrons. The molecule has 1 aromatic rings. The minimum absolute atomic E-state index is 0.598. The SMILES string of the molecule is O=Cc1nn(C2CC2)c2c1CSC2. The molecule has 2 aliphatic rings. The molecule has 0 bridgehead atoms. The normalized spacial score (nSPS) is 20.3. The fraction of sp³-hybridized carbons (Fsp3) is 0.556. The number of rotatable bonds is 2. The van der Waals surface area contributed by atoms with Crippen LogP contribution in [0.4, 0.5) is 0 Å². The molecule has 3 rings (SSSR count). The maximum absolute atomic E-state index is 10.7. The second-order valence-corrected chi connectivity index (χ2v) is 4.58. The summed E-state index contributed by atoms with van der Waals surface area (Å²) in [6.07, 6.45) is 3.36. The predicted octanol–water partition coefficient (Wildman–Crippen LogP) is 1.78. The summed E-state index contributed by atoms with van der Waals surface area (Å²) in [7, 11) is 0. The maximum Gasteiger partial charge on any atom is 0.170 e. The molecule has 0 amide bonds. The number of carbonyl (C=O) groups excluding carboxylic acids is 1. The lowest BCUT2D eigenvalue weighted by atomic mass is 10.2. The van der Waals surface area contributed by atoms with Crippen molar-refractivity contribution in [3.05, 3.63) is 17.0 Å². The quantitative estimate of drug-likeness (QED) is 0.673. The highest BCUT2D eigenvalue weighted by Gasteiger charge is 2.31. The Labute approximate surface area is 80.5 Å². The van der Waals surface area contributed by atoms with E-state index in [9.17, 15) is 4.79 Å². The Morgan fingerprint density at radius 1 is 1.46 bits per heavy atom. The summed E-state index contributed by atoms with van der Waals surface area (Å²) < 4.78 is 2.08. The average Bonchev–Trinajstić information content (AvgIpc) is 2.77. The number of fused-ring (bicyclic) bond motifs is 1. The van der Waals surface area contributed by atoms with Crippen molar-refractivity contribution in [3.8, 4) is 0 Å². The Balaban J connectivity index is 2.14. The van der Waals surface area contributed by atoms with E-state index in [2.05, 4.69) is 9.78 Å². The highest BCUT2D eigenvalue weighted by Crippen LogP contribution is 2.40. The van der Waals surface area contributed by atoms with Gasteiger partial charge in [-0.05, 0) is 12.8 Å². The first-order valence-corrected chi connectivity index (χ1v) is 5.69. The van der Waals surface area contributed by atoms with Gasteiger partial charge in [0.2, 0.25) is 0 Å². The van der Waals surface area contributed by atoms with Crippen molar-refractivity contribution < 1.29 is 4.79 Å². The van der Waals surface area contributed by atoms with Crippen LogP contribution in [-0.4, -0.2) is 16.1 Å². The van der Waals surface area contributed by atoms with Gasteiger partial charge >= 0.3 is 0 Å². The molecule has 0 unspecified atom stereocenters. The van der Waals surface area contributed by atoms with Crippen molar-refractivity contribution in [3.63, 3.8) is 0 Å². The molecule has 1 aromatic heterocycles. The van der Waals surface area contributed by atoms with Gasteiger partial charge in [-0.15, -0.1) is 0 Å². The predicted molar refractivity (Wildman–Crippen MR) is 50.9 cm³/mol. The molecule has 0 radical (unpaired) electrons. The van der Waals surface area contributed by atoms with E-state index in [1.807, 2.05) is 11.8 Å². The molecule has 1 aliphatic heterocycles. The Kier molecular flexibility index (Phi) is 1.53. The summed E-state index contributed by atoms with van der Waals surface area (Å²) in [5, 5.41) is 4.35. The standard InChI is InChI=1S/C9H10N2OS/c12-3-8-7-4-13-5-9(7)11(10-8)6-1-2-6/h3,6H,1-2,4-5H2. The molecule has 2 heterocycles. The smallest absolute Gasteiger partial charge is 0.170 e. The minimum atomic E-state index is 0.598. The minimum Gasteiger partial charge on any atom is -0.296 e. The van der Waals surface area contributed by atoms with E-state index in [1.54, 1.807) is 0 Å². The largest absolute Gasteiger partial charge is 0.296 e. The number of aromatic nitrogens is 2. The third-order valence-electron chi connectivity index (χ3n) is 2.64. The highest BCUT2D eigenvalue weighted by atomic mass is 32.2. The summed E-state index contributed by atoms with van der Waals surface area (Å²) in [5.74, 6) is 2.00. The maximum atomic E-state index is 10.7. The van der Waals surface area contributed by atoms with Crippen LogP contribution in [0.1, 0.15) is 40.6 Å². The zero-order valence-electron chi connectivity index (χ0n) is 7.19. The van der Waals surface area contributed by atoms with E-state index >= 15 is 0 Å². The lowest BCUT2D eigenvalue weighted by Crippen LogP contribution is -2.00. The van der Waals surface area contributed by atoms with Crippen LogP contribution in [0.5, 0.6) is 0 Å². The van der Waals surface area contributed by atoms with Crippen molar-refractivity contribution >= 4 is 18.0 Å². The molecule has 0 aromatic carbocycles. The number of nitrogens with zero attached hydrogens (tertiary/aromatic N) is 2. The first-order valence-electron chi connectivity index (χ1n) is 4.53. The number of hydrogen-bond donors (Lipinski definition) is 0. The number of aldehydes is 1. The van der Waals surface area contributed by atoms with Gasteiger partial charge in [0.05, 0.1) is 11.7 Å². The zero-order chi connectivity index (χ0) is 8.84. The van der Waals surface area contributed by atoms with E-state index < -0.39 is 0 Å². The average molecular weight is 194 g/mol. The van der Waals surface area contributed by atoms with Gasteiger partial charge < -0.3 is 0 Å². The van der Waals surface area contributed by atoms with Crippen LogP contribution in [0.15, 0.2) is 0 Å². The molecular formula is C9H10N2OS. The second-order valence-electron chi connectivity index (χ2n) is 3.60. The van der Waals surface area contributed by atoms with Crippen LogP contribution < -0.4 is 0 Å². The van der Waals surface area contributed by atoms with Gasteiger partial charge in [0.1, 0.15) is 5.69 Å². The monoisotopic (exact) mass is 194 g/mol. The zero-order valence-corrected chi connectivity index (χ0v) is 8.01. The molecule has 4 heteroatoms. The van der Waals surface area contributed by atoms with Crippen LogP contribution in [0.3, 0.4) is 0 Å². The molecule has 0 saturated heterocycles. The molecule has 0 atom stereocenters. The Morgan fingerprint density at radius 3 is 3.00 bits per heavy atom.